The molecular formula is C12H15N3O2S. The second kappa shape index (κ2) is 4.97. The fourth-order valence-electron chi connectivity index (χ4n) is 1.50. The molecule has 6 heteroatoms. The number of nitrogens with one attached hydrogen (secondary N) is 1. The van der Waals surface area contributed by atoms with Crippen molar-refractivity contribution in [2.75, 3.05) is 0 Å². The molecule has 18 heavy (non-hydrogen) atoms. The molecule has 0 radical (unpaired) electrons. The van der Waals surface area contributed by atoms with Crippen molar-refractivity contribution in [3.05, 3.63) is 39.4 Å². The molecular weight excluding hydrogens is 250 g/mol. The van der Waals surface area contributed by atoms with Gasteiger partial charge in [0, 0.05) is 11.8 Å². The fourth-order valence-corrected chi connectivity index (χ4v) is 2.38. The standard InChI is InChI=1S/C12H15N3O2S/c1-6-5-10(16)15-11(13-6)9(4)18-12-14-7(2)8(3)17-12/h5,9H,1-4H3,(H,13,15,16). The van der Waals surface area contributed by atoms with Crippen LogP contribution in [0.1, 0.15) is 35.1 Å². The Hall–Kier alpha value is -1.56. The van der Waals surface area contributed by atoms with E-state index in [0.717, 1.165) is 11.5 Å². The number of hydrogen-bond acceptors (Lipinski definition) is 5. The topological polar surface area (TPSA) is 71.8 Å². The fraction of sp³-hybridized carbons (Fsp3) is 0.417. The van der Waals surface area contributed by atoms with Crippen molar-refractivity contribution in [2.45, 2.75) is 38.2 Å². The van der Waals surface area contributed by atoms with Gasteiger partial charge in [0.15, 0.2) is 0 Å². The number of rotatable bonds is 3. The minimum absolute atomic E-state index is 0.0185. The smallest absolute Gasteiger partial charge is 0.256 e. The molecule has 0 aliphatic carbocycles. The van der Waals surface area contributed by atoms with E-state index in [9.17, 15) is 4.79 Å². The molecule has 1 unspecified atom stereocenters. The molecule has 0 aromatic carbocycles. The molecule has 96 valence electrons. The van der Waals surface area contributed by atoms with Gasteiger partial charge in [0.05, 0.1) is 10.9 Å². The van der Waals surface area contributed by atoms with Gasteiger partial charge in [0.25, 0.3) is 10.8 Å². The van der Waals surface area contributed by atoms with E-state index in [1.807, 2.05) is 20.8 Å². The summed E-state index contributed by atoms with van der Waals surface area (Å²) in [5.74, 6) is 1.45. The second-order valence-corrected chi connectivity index (χ2v) is 5.45. The molecule has 0 aliphatic rings. The van der Waals surface area contributed by atoms with Gasteiger partial charge in [-0.2, -0.15) is 0 Å². The van der Waals surface area contributed by atoms with Gasteiger partial charge in [0.1, 0.15) is 11.6 Å². The van der Waals surface area contributed by atoms with Gasteiger partial charge >= 0.3 is 0 Å². The van der Waals surface area contributed by atoms with Crippen LogP contribution in [0.5, 0.6) is 0 Å². The predicted molar refractivity (Wildman–Crippen MR) is 69.8 cm³/mol. The maximum atomic E-state index is 11.4. The lowest BCUT2D eigenvalue weighted by molar-refractivity contribution is 0.430. The van der Waals surface area contributed by atoms with Crippen LogP contribution in [-0.2, 0) is 0 Å². The first kappa shape index (κ1) is 12.9. The number of nitrogens with zero attached hydrogens (tertiary/aromatic N) is 2. The van der Waals surface area contributed by atoms with Crippen molar-refractivity contribution in [1.29, 1.82) is 0 Å². The Morgan fingerprint density at radius 2 is 2.06 bits per heavy atom. The summed E-state index contributed by atoms with van der Waals surface area (Å²) in [5, 5.41) is 0.580. The van der Waals surface area contributed by atoms with Crippen molar-refractivity contribution >= 4 is 11.8 Å². The van der Waals surface area contributed by atoms with Crippen molar-refractivity contribution in [2.24, 2.45) is 0 Å². The molecule has 5 nitrogen and oxygen atoms in total. The van der Waals surface area contributed by atoms with Gasteiger partial charge < -0.3 is 9.40 Å². The van der Waals surface area contributed by atoms with Crippen LogP contribution in [0.4, 0.5) is 0 Å². The number of aryl methyl sites for hydroxylation is 3. The molecule has 0 amide bonds. The Labute approximate surface area is 109 Å². The molecule has 2 heterocycles. The van der Waals surface area contributed by atoms with Crippen molar-refractivity contribution < 1.29 is 4.42 Å². The zero-order chi connectivity index (χ0) is 13.3. The average Bonchev–Trinajstić information content (AvgIpc) is 2.56. The number of oxazole rings is 1. The number of aromatic amines is 1. The van der Waals surface area contributed by atoms with Crippen molar-refractivity contribution in [1.82, 2.24) is 15.0 Å². The van der Waals surface area contributed by atoms with Crippen LogP contribution >= 0.6 is 11.8 Å². The monoisotopic (exact) mass is 265 g/mol. The maximum absolute atomic E-state index is 11.4. The van der Waals surface area contributed by atoms with E-state index in [-0.39, 0.29) is 10.8 Å². The number of hydrogen-bond donors (Lipinski definition) is 1. The first-order valence-corrected chi connectivity index (χ1v) is 6.52. The quantitative estimate of drug-likeness (QED) is 0.863. The SMILES string of the molecule is Cc1cc(=O)[nH]c(C(C)Sc2nc(C)c(C)o2)n1. The summed E-state index contributed by atoms with van der Waals surface area (Å²) in [4.78, 5) is 22.7. The Morgan fingerprint density at radius 1 is 1.33 bits per heavy atom. The number of aromatic nitrogens is 3. The van der Waals surface area contributed by atoms with E-state index in [1.54, 1.807) is 6.92 Å². The summed E-state index contributed by atoms with van der Waals surface area (Å²) < 4.78 is 5.50. The summed E-state index contributed by atoms with van der Waals surface area (Å²) in [6.07, 6.45) is 0. The van der Waals surface area contributed by atoms with E-state index in [4.69, 9.17) is 4.42 Å². The van der Waals surface area contributed by atoms with Gasteiger partial charge in [-0.05, 0) is 27.7 Å². The normalized spacial score (nSPS) is 12.7. The second-order valence-electron chi connectivity index (χ2n) is 4.15. The Bertz CT molecular complexity index is 599. The average molecular weight is 265 g/mol. The number of thioether (sulfide) groups is 1. The highest BCUT2D eigenvalue weighted by atomic mass is 32.2. The van der Waals surface area contributed by atoms with Gasteiger partial charge in [-0.3, -0.25) is 4.79 Å². The van der Waals surface area contributed by atoms with Crippen LogP contribution < -0.4 is 5.56 Å². The molecule has 2 rings (SSSR count). The van der Waals surface area contributed by atoms with Gasteiger partial charge in [-0.15, -0.1) is 0 Å². The molecule has 0 fully saturated rings. The molecule has 2 aromatic rings. The third-order valence-corrected chi connectivity index (χ3v) is 3.51. The maximum Gasteiger partial charge on any atom is 0.256 e. The third kappa shape index (κ3) is 2.81. The summed E-state index contributed by atoms with van der Waals surface area (Å²) in [5.41, 5.74) is 1.46. The largest absolute Gasteiger partial charge is 0.437 e. The zero-order valence-electron chi connectivity index (χ0n) is 10.8. The molecule has 1 atom stereocenters. The van der Waals surface area contributed by atoms with E-state index in [0.29, 0.717) is 16.7 Å². The van der Waals surface area contributed by atoms with E-state index < -0.39 is 0 Å². The van der Waals surface area contributed by atoms with Crippen LogP contribution in [0.15, 0.2) is 20.5 Å². The molecule has 0 spiro atoms. The molecule has 0 saturated carbocycles. The molecule has 0 aliphatic heterocycles. The summed E-state index contributed by atoms with van der Waals surface area (Å²) in [7, 11) is 0. The Balaban J connectivity index is 2.21. The Kier molecular flexibility index (Phi) is 3.56. The summed E-state index contributed by atoms with van der Waals surface area (Å²) in [6.45, 7) is 7.54. The van der Waals surface area contributed by atoms with Crippen LogP contribution in [-0.4, -0.2) is 15.0 Å². The van der Waals surface area contributed by atoms with Crippen LogP contribution in [0.25, 0.3) is 0 Å². The predicted octanol–water partition coefficient (Wildman–Crippen LogP) is 2.54. The first-order valence-electron chi connectivity index (χ1n) is 5.64. The molecule has 0 saturated heterocycles. The van der Waals surface area contributed by atoms with Crippen LogP contribution in [0.3, 0.4) is 0 Å². The van der Waals surface area contributed by atoms with Crippen molar-refractivity contribution in [3.8, 4) is 0 Å². The van der Waals surface area contributed by atoms with E-state index in [1.165, 1.54) is 17.8 Å². The minimum Gasteiger partial charge on any atom is -0.437 e. The zero-order valence-corrected chi connectivity index (χ0v) is 11.6. The number of H-pyrrole nitrogens is 1. The first-order chi connectivity index (χ1) is 8.45. The van der Waals surface area contributed by atoms with Crippen LogP contribution in [0.2, 0.25) is 0 Å². The van der Waals surface area contributed by atoms with Gasteiger partial charge in [0.2, 0.25) is 0 Å². The van der Waals surface area contributed by atoms with E-state index in [2.05, 4.69) is 15.0 Å². The summed E-state index contributed by atoms with van der Waals surface area (Å²) in [6, 6.07) is 1.47. The Morgan fingerprint density at radius 3 is 2.61 bits per heavy atom. The highest BCUT2D eigenvalue weighted by molar-refractivity contribution is 7.99. The summed E-state index contributed by atoms with van der Waals surface area (Å²) >= 11 is 1.44. The third-order valence-electron chi connectivity index (χ3n) is 2.56. The lowest BCUT2D eigenvalue weighted by atomic mass is 10.4. The minimum atomic E-state index is -0.135. The lowest BCUT2D eigenvalue weighted by Gasteiger charge is -2.07. The lowest BCUT2D eigenvalue weighted by Crippen LogP contribution is -2.12. The van der Waals surface area contributed by atoms with Gasteiger partial charge in [-0.1, -0.05) is 11.8 Å². The van der Waals surface area contributed by atoms with Crippen LogP contribution in [0, 0.1) is 20.8 Å². The van der Waals surface area contributed by atoms with E-state index >= 15 is 0 Å². The van der Waals surface area contributed by atoms with Crippen molar-refractivity contribution in [3.63, 3.8) is 0 Å². The highest BCUT2D eigenvalue weighted by Gasteiger charge is 2.15. The molecule has 2 aromatic heterocycles. The molecule has 1 N–H and O–H groups in total. The van der Waals surface area contributed by atoms with Gasteiger partial charge in [-0.25, -0.2) is 9.97 Å². The molecule has 0 bridgehead atoms. The highest BCUT2D eigenvalue weighted by Crippen LogP contribution is 2.32.